The van der Waals surface area contributed by atoms with Gasteiger partial charge in [-0.05, 0) is 37.5 Å². The van der Waals surface area contributed by atoms with Gasteiger partial charge in [-0.15, -0.1) is 0 Å². The normalized spacial score (nSPS) is 17.5. The predicted octanol–water partition coefficient (Wildman–Crippen LogP) is 2.44. The molecule has 28 heavy (non-hydrogen) atoms. The average Bonchev–Trinajstić information content (AvgIpc) is 3.25. The molecular formula is C20H26N4O4. The lowest BCUT2D eigenvalue weighted by molar-refractivity contribution is 0.0596. The Morgan fingerprint density at radius 1 is 1.29 bits per heavy atom. The average molecular weight is 386 g/mol. The lowest BCUT2D eigenvalue weighted by Gasteiger charge is -2.28. The molecule has 0 unspecified atom stereocenters. The second-order valence-corrected chi connectivity index (χ2v) is 8.40. The summed E-state index contributed by atoms with van der Waals surface area (Å²) in [5, 5.41) is 11.4. The first-order chi connectivity index (χ1) is 13.4. The molecular weight excluding hydrogens is 360 g/mol. The molecule has 1 aliphatic heterocycles. The molecule has 0 bridgehead atoms. The number of nitrogens with one attached hydrogen (secondary N) is 1. The Hall–Kier alpha value is -2.64. The first-order valence-corrected chi connectivity index (χ1v) is 9.82. The molecule has 1 N–H and O–H groups in total. The number of ether oxygens (including phenoxy) is 1. The lowest BCUT2D eigenvalue weighted by atomic mass is 9.76. The molecule has 8 heteroatoms. The fourth-order valence-electron chi connectivity index (χ4n) is 4.17. The zero-order valence-corrected chi connectivity index (χ0v) is 16.6. The minimum Gasteiger partial charge on any atom is -0.465 e. The van der Waals surface area contributed by atoms with Crippen LogP contribution in [-0.4, -0.2) is 33.9 Å². The van der Waals surface area contributed by atoms with Crippen LogP contribution < -0.4 is 5.32 Å². The molecule has 0 fully saturated rings. The Kier molecular flexibility index (Phi) is 4.72. The number of aromatic nitrogens is 3. The van der Waals surface area contributed by atoms with Crippen LogP contribution >= 0.6 is 0 Å². The third kappa shape index (κ3) is 3.31. The molecule has 0 radical (unpaired) electrons. The monoisotopic (exact) mass is 386 g/mol. The fraction of sp³-hybridized carbons (Fsp3) is 0.600. The predicted molar refractivity (Wildman–Crippen MR) is 100.0 cm³/mol. The van der Waals surface area contributed by atoms with E-state index in [1.54, 1.807) is 0 Å². The minimum absolute atomic E-state index is 0.120. The van der Waals surface area contributed by atoms with Crippen molar-refractivity contribution in [3.05, 3.63) is 34.0 Å². The molecule has 0 atom stereocenters. The summed E-state index contributed by atoms with van der Waals surface area (Å²) >= 11 is 0. The lowest BCUT2D eigenvalue weighted by Crippen LogP contribution is -2.28. The number of methoxy groups -OCH3 is 1. The van der Waals surface area contributed by atoms with Crippen LogP contribution in [0.5, 0.6) is 0 Å². The molecule has 150 valence electrons. The van der Waals surface area contributed by atoms with Gasteiger partial charge in [0.15, 0.2) is 5.69 Å². The van der Waals surface area contributed by atoms with E-state index in [1.165, 1.54) is 7.11 Å². The van der Waals surface area contributed by atoms with E-state index < -0.39 is 5.97 Å². The van der Waals surface area contributed by atoms with Crippen LogP contribution in [0.1, 0.15) is 76.7 Å². The highest BCUT2D eigenvalue weighted by Crippen LogP contribution is 2.36. The summed E-state index contributed by atoms with van der Waals surface area (Å²) in [7, 11) is 1.36. The van der Waals surface area contributed by atoms with E-state index in [0.29, 0.717) is 17.0 Å². The quantitative estimate of drug-likeness (QED) is 0.810. The maximum atomic E-state index is 12.8. The number of fused-ring (bicyclic) bond motifs is 2. The van der Waals surface area contributed by atoms with Crippen molar-refractivity contribution in [1.29, 1.82) is 0 Å². The second kappa shape index (κ2) is 7.07. The van der Waals surface area contributed by atoms with Crippen molar-refractivity contribution < 1.29 is 18.8 Å². The van der Waals surface area contributed by atoms with Gasteiger partial charge in [0.05, 0.1) is 25.0 Å². The van der Waals surface area contributed by atoms with Crippen LogP contribution in [0.15, 0.2) is 4.52 Å². The minimum atomic E-state index is -0.409. The van der Waals surface area contributed by atoms with E-state index in [9.17, 15) is 9.59 Å². The van der Waals surface area contributed by atoms with E-state index >= 15 is 0 Å². The Labute approximate surface area is 163 Å². The van der Waals surface area contributed by atoms with Crippen molar-refractivity contribution in [2.75, 3.05) is 7.11 Å². The molecule has 0 saturated heterocycles. The summed E-state index contributed by atoms with van der Waals surface area (Å²) in [6.07, 6.45) is 5.41. The van der Waals surface area contributed by atoms with Crippen molar-refractivity contribution in [1.82, 2.24) is 20.3 Å². The highest BCUT2D eigenvalue weighted by atomic mass is 16.5. The first kappa shape index (κ1) is 18.7. The first-order valence-electron chi connectivity index (χ1n) is 9.82. The second-order valence-electron chi connectivity index (χ2n) is 8.40. The smallest absolute Gasteiger partial charge is 0.341 e. The van der Waals surface area contributed by atoms with Crippen molar-refractivity contribution in [2.24, 2.45) is 5.41 Å². The standard InChI is InChI=1S/C20H26N4O4/c1-20(2)8-7-15-12(10-20)17(23-28-15)18(25)21-11-13-16(19(26)27-3)14-6-4-5-9-24(14)22-13/h4-11H2,1-3H3,(H,21,25). The van der Waals surface area contributed by atoms with E-state index in [4.69, 9.17) is 9.26 Å². The van der Waals surface area contributed by atoms with Gasteiger partial charge in [-0.2, -0.15) is 5.10 Å². The van der Waals surface area contributed by atoms with Gasteiger partial charge in [-0.1, -0.05) is 19.0 Å². The number of rotatable bonds is 4. The van der Waals surface area contributed by atoms with E-state index in [-0.39, 0.29) is 17.9 Å². The summed E-state index contributed by atoms with van der Waals surface area (Å²) < 4.78 is 12.2. The summed E-state index contributed by atoms with van der Waals surface area (Å²) in [6.45, 7) is 5.29. The Balaban J connectivity index is 1.54. The van der Waals surface area contributed by atoms with E-state index in [2.05, 4.69) is 29.4 Å². The topological polar surface area (TPSA) is 99.2 Å². The van der Waals surface area contributed by atoms with Gasteiger partial charge in [0.2, 0.25) is 0 Å². The van der Waals surface area contributed by atoms with Crippen molar-refractivity contribution in [3.8, 4) is 0 Å². The van der Waals surface area contributed by atoms with Gasteiger partial charge < -0.3 is 14.6 Å². The van der Waals surface area contributed by atoms with Gasteiger partial charge >= 0.3 is 5.97 Å². The number of amides is 1. The molecule has 8 nitrogen and oxygen atoms in total. The molecule has 1 amide bonds. The maximum Gasteiger partial charge on any atom is 0.341 e. The van der Waals surface area contributed by atoms with Gasteiger partial charge in [0.25, 0.3) is 5.91 Å². The number of aryl methyl sites for hydroxylation is 2. The number of carbonyl (C=O) groups excluding carboxylic acids is 2. The van der Waals surface area contributed by atoms with Crippen LogP contribution in [-0.2, 0) is 37.1 Å². The van der Waals surface area contributed by atoms with Gasteiger partial charge in [-0.25, -0.2) is 4.79 Å². The molecule has 1 aliphatic carbocycles. The SMILES string of the molecule is COC(=O)c1c(CNC(=O)c2noc3c2CC(C)(C)CC3)nn2c1CCCC2. The van der Waals surface area contributed by atoms with Crippen LogP contribution in [0, 0.1) is 5.41 Å². The third-order valence-corrected chi connectivity index (χ3v) is 5.74. The van der Waals surface area contributed by atoms with Crippen LogP contribution in [0.3, 0.4) is 0 Å². The van der Waals surface area contributed by atoms with Crippen molar-refractivity contribution in [2.45, 2.75) is 65.5 Å². The highest BCUT2D eigenvalue weighted by molar-refractivity contribution is 5.95. The Morgan fingerprint density at radius 2 is 2.11 bits per heavy atom. The molecule has 0 spiro atoms. The highest BCUT2D eigenvalue weighted by Gasteiger charge is 2.33. The Morgan fingerprint density at radius 3 is 2.89 bits per heavy atom. The molecule has 0 saturated carbocycles. The largest absolute Gasteiger partial charge is 0.465 e. The van der Waals surface area contributed by atoms with Gasteiger partial charge in [0.1, 0.15) is 11.3 Å². The van der Waals surface area contributed by atoms with Crippen LogP contribution in [0.4, 0.5) is 0 Å². The van der Waals surface area contributed by atoms with E-state index in [0.717, 1.165) is 62.1 Å². The molecule has 3 heterocycles. The summed E-state index contributed by atoms with van der Waals surface area (Å²) in [5.41, 5.74) is 3.26. The molecule has 2 aliphatic rings. The molecule has 2 aromatic heterocycles. The Bertz CT molecular complexity index is 925. The number of hydrogen-bond donors (Lipinski definition) is 1. The number of esters is 1. The van der Waals surface area contributed by atoms with Gasteiger partial charge in [-0.3, -0.25) is 9.48 Å². The zero-order chi connectivity index (χ0) is 19.9. The maximum absolute atomic E-state index is 12.8. The molecule has 2 aromatic rings. The van der Waals surface area contributed by atoms with Crippen molar-refractivity contribution in [3.63, 3.8) is 0 Å². The molecule has 0 aromatic carbocycles. The van der Waals surface area contributed by atoms with E-state index in [1.807, 2.05) is 4.68 Å². The van der Waals surface area contributed by atoms with Crippen molar-refractivity contribution >= 4 is 11.9 Å². The summed E-state index contributed by atoms with van der Waals surface area (Å²) in [4.78, 5) is 25.1. The van der Waals surface area contributed by atoms with Gasteiger partial charge in [0, 0.05) is 18.5 Å². The number of carbonyl (C=O) groups is 2. The fourth-order valence-corrected chi connectivity index (χ4v) is 4.17. The summed E-state index contributed by atoms with van der Waals surface area (Å²) in [5.74, 6) is 0.0923. The number of hydrogen-bond acceptors (Lipinski definition) is 6. The zero-order valence-electron chi connectivity index (χ0n) is 16.6. The summed E-state index contributed by atoms with van der Waals surface area (Å²) in [6, 6.07) is 0. The van der Waals surface area contributed by atoms with Crippen LogP contribution in [0.2, 0.25) is 0 Å². The third-order valence-electron chi connectivity index (χ3n) is 5.74. The molecule has 4 rings (SSSR count). The number of nitrogens with zero attached hydrogens (tertiary/aromatic N) is 3. The van der Waals surface area contributed by atoms with Crippen LogP contribution in [0.25, 0.3) is 0 Å².